The molecule has 0 aromatic rings. The van der Waals surface area contributed by atoms with Gasteiger partial charge in [-0.1, -0.05) is 13.8 Å². The summed E-state index contributed by atoms with van der Waals surface area (Å²) < 4.78 is 5.34. The predicted octanol–water partition coefficient (Wildman–Crippen LogP) is 0.504. The number of hydrogen-bond acceptors (Lipinski definition) is 4. The SMILES string of the molecule is CC(C)C(CN(C)C)NC(=O)NCC1CCC(C(=O)O)O1. The second kappa shape index (κ2) is 8.19. The molecule has 3 N–H and O–H groups in total. The van der Waals surface area contributed by atoms with Crippen LogP contribution in [-0.4, -0.2) is 67.4 Å². The Bertz CT molecular complexity index is 360. The summed E-state index contributed by atoms with van der Waals surface area (Å²) >= 11 is 0. The van der Waals surface area contributed by atoms with E-state index in [1.54, 1.807) is 0 Å². The summed E-state index contributed by atoms with van der Waals surface area (Å²) in [4.78, 5) is 24.7. The third-order valence-electron chi connectivity index (χ3n) is 3.56. The maximum Gasteiger partial charge on any atom is 0.332 e. The number of hydrogen-bond donors (Lipinski definition) is 3. The number of carboxylic acids is 1. The minimum absolute atomic E-state index is 0.0660. The van der Waals surface area contributed by atoms with E-state index in [0.29, 0.717) is 25.3 Å². The number of carboxylic acid groups (broad SMARTS) is 1. The number of ether oxygens (including phenoxy) is 1. The van der Waals surface area contributed by atoms with Crippen molar-refractivity contribution in [1.29, 1.82) is 0 Å². The van der Waals surface area contributed by atoms with Crippen molar-refractivity contribution in [2.75, 3.05) is 27.2 Å². The second-order valence-corrected chi connectivity index (χ2v) is 6.13. The van der Waals surface area contributed by atoms with Gasteiger partial charge < -0.3 is 25.4 Å². The molecule has 0 bridgehead atoms. The van der Waals surface area contributed by atoms with Crippen LogP contribution >= 0.6 is 0 Å². The van der Waals surface area contributed by atoms with Crippen molar-refractivity contribution in [3.05, 3.63) is 0 Å². The summed E-state index contributed by atoms with van der Waals surface area (Å²) in [6.45, 7) is 5.23. The highest BCUT2D eigenvalue weighted by molar-refractivity contribution is 5.74. The number of amides is 2. The van der Waals surface area contributed by atoms with Crippen molar-refractivity contribution in [3.63, 3.8) is 0 Å². The molecule has 0 aliphatic carbocycles. The van der Waals surface area contributed by atoms with Gasteiger partial charge in [0.25, 0.3) is 0 Å². The Morgan fingerprint density at radius 3 is 2.48 bits per heavy atom. The lowest BCUT2D eigenvalue weighted by Gasteiger charge is -2.26. The maximum atomic E-state index is 11.9. The molecule has 21 heavy (non-hydrogen) atoms. The molecule has 1 aliphatic rings. The highest BCUT2D eigenvalue weighted by Gasteiger charge is 2.30. The van der Waals surface area contributed by atoms with Gasteiger partial charge in [0.05, 0.1) is 6.10 Å². The lowest BCUT2D eigenvalue weighted by atomic mass is 10.0. The van der Waals surface area contributed by atoms with E-state index in [2.05, 4.69) is 24.5 Å². The molecular weight excluding hydrogens is 274 g/mol. The molecule has 1 aliphatic heterocycles. The first-order chi connectivity index (χ1) is 9.79. The monoisotopic (exact) mass is 301 g/mol. The Morgan fingerprint density at radius 1 is 1.33 bits per heavy atom. The lowest BCUT2D eigenvalue weighted by Crippen LogP contribution is -2.50. The fraction of sp³-hybridized carbons (Fsp3) is 0.857. The average molecular weight is 301 g/mol. The fourth-order valence-corrected chi connectivity index (χ4v) is 2.28. The highest BCUT2D eigenvalue weighted by atomic mass is 16.5. The molecule has 2 amide bonds. The highest BCUT2D eigenvalue weighted by Crippen LogP contribution is 2.19. The van der Waals surface area contributed by atoms with Crippen molar-refractivity contribution in [2.24, 2.45) is 5.92 Å². The van der Waals surface area contributed by atoms with Gasteiger partial charge in [-0.3, -0.25) is 0 Å². The van der Waals surface area contributed by atoms with Crippen molar-refractivity contribution in [1.82, 2.24) is 15.5 Å². The summed E-state index contributed by atoms with van der Waals surface area (Å²) in [5.41, 5.74) is 0. The fourth-order valence-electron chi connectivity index (χ4n) is 2.28. The number of nitrogens with zero attached hydrogens (tertiary/aromatic N) is 1. The molecule has 0 aromatic carbocycles. The number of urea groups is 1. The van der Waals surface area contributed by atoms with E-state index in [1.807, 2.05) is 19.0 Å². The van der Waals surface area contributed by atoms with Crippen LogP contribution in [0.15, 0.2) is 0 Å². The molecule has 0 spiro atoms. The van der Waals surface area contributed by atoms with E-state index in [4.69, 9.17) is 9.84 Å². The molecule has 122 valence electrons. The third-order valence-corrected chi connectivity index (χ3v) is 3.56. The first-order valence-electron chi connectivity index (χ1n) is 7.37. The van der Waals surface area contributed by atoms with Gasteiger partial charge >= 0.3 is 12.0 Å². The van der Waals surface area contributed by atoms with E-state index in [1.165, 1.54) is 0 Å². The molecule has 1 saturated heterocycles. The topological polar surface area (TPSA) is 90.9 Å². The number of rotatable bonds is 7. The largest absolute Gasteiger partial charge is 0.479 e. The van der Waals surface area contributed by atoms with Crippen LogP contribution < -0.4 is 10.6 Å². The number of carbonyl (C=O) groups is 2. The van der Waals surface area contributed by atoms with Gasteiger partial charge in [0.2, 0.25) is 0 Å². The Morgan fingerprint density at radius 2 is 2.00 bits per heavy atom. The number of likely N-dealkylation sites (N-methyl/N-ethyl adjacent to an activating group) is 1. The zero-order valence-corrected chi connectivity index (χ0v) is 13.3. The molecule has 3 atom stereocenters. The van der Waals surface area contributed by atoms with Crippen molar-refractivity contribution >= 4 is 12.0 Å². The summed E-state index contributed by atoms with van der Waals surface area (Å²) in [5, 5.41) is 14.5. The Balaban J connectivity index is 2.31. The average Bonchev–Trinajstić information content (AvgIpc) is 2.83. The summed E-state index contributed by atoms with van der Waals surface area (Å²) in [7, 11) is 3.93. The van der Waals surface area contributed by atoms with Crippen LogP contribution in [0, 0.1) is 5.92 Å². The van der Waals surface area contributed by atoms with Crippen LogP contribution in [0.2, 0.25) is 0 Å². The van der Waals surface area contributed by atoms with Crippen LogP contribution in [0.1, 0.15) is 26.7 Å². The number of carbonyl (C=O) groups excluding carboxylic acids is 1. The minimum atomic E-state index is -0.937. The molecule has 0 aromatic heterocycles. The molecule has 1 rings (SSSR count). The number of aliphatic carboxylic acids is 1. The van der Waals surface area contributed by atoms with Crippen molar-refractivity contribution < 1.29 is 19.4 Å². The zero-order valence-electron chi connectivity index (χ0n) is 13.3. The van der Waals surface area contributed by atoms with Gasteiger partial charge in [0.15, 0.2) is 6.10 Å². The van der Waals surface area contributed by atoms with E-state index in [-0.39, 0.29) is 18.2 Å². The van der Waals surface area contributed by atoms with Crippen molar-refractivity contribution in [3.8, 4) is 0 Å². The molecular formula is C14H27N3O4. The summed E-state index contributed by atoms with van der Waals surface area (Å²) in [5.74, 6) is -0.606. The summed E-state index contributed by atoms with van der Waals surface area (Å²) in [6, 6.07) is -0.172. The lowest BCUT2D eigenvalue weighted by molar-refractivity contribution is -0.149. The van der Waals surface area contributed by atoms with Crippen LogP contribution in [0.25, 0.3) is 0 Å². The van der Waals surface area contributed by atoms with E-state index < -0.39 is 12.1 Å². The molecule has 7 nitrogen and oxygen atoms in total. The second-order valence-electron chi connectivity index (χ2n) is 6.13. The smallest absolute Gasteiger partial charge is 0.332 e. The normalized spacial score (nSPS) is 23.3. The molecule has 0 radical (unpaired) electrons. The van der Waals surface area contributed by atoms with E-state index in [0.717, 1.165) is 6.54 Å². The van der Waals surface area contributed by atoms with Crippen LogP contribution in [-0.2, 0) is 9.53 Å². The van der Waals surface area contributed by atoms with Gasteiger partial charge in [-0.05, 0) is 32.9 Å². The standard InChI is InChI=1S/C14H27N3O4/c1-9(2)11(8-17(3)4)16-14(20)15-7-10-5-6-12(21-10)13(18)19/h9-12H,5-8H2,1-4H3,(H,18,19)(H2,15,16,20). The minimum Gasteiger partial charge on any atom is -0.479 e. The Labute approximate surface area is 126 Å². The predicted molar refractivity (Wildman–Crippen MR) is 79.2 cm³/mol. The van der Waals surface area contributed by atoms with E-state index in [9.17, 15) is 9.59 Å². The van der Waals surface area contributed by atoms with Crippen LogP contribution in [0.4, 0.5) is 4.79 Å². The van der Waals surface area contributed by atoms with Gasteiger partial charge in [-0.2, -0.15) is 0 Å². The number of nitrogens with one attached hydrogen (secondary N) is 2. The molecule has 7 heteroatoms. The van der Waals surface area contributed by atoms with Gasteiger partial charge in [0.1, 0.15) is 0 Å². The Kier molecular flexibility index (Phi) is 6.91. The quantitative estimate of drug-likeness (QED) is 0.637. The molecule has 1 fully saturated rings. The van der Waals surface area contributed by atoms with E-state index >= 15 is 0 Å². The first-order valence-corrected chi connectivity index (χ1v) is 7.37. The molecule has 3 unspecified atom stereocenters. The van der Waals surface area contributed by atoms with Crippen LogP contribution in [0.5, 0.6) is 0 Å². The van der Waals surface area contributed by atoms with Gasteiger partial charge in [-0.15, -0.1) is 0 Å². The van der Waals surface area contributed by atoms with Crippen molar-refractivity contribution in [2.45, 2.75) is 44.9 Å². The third kappa shape index (κ3) is 6.31. The maximum absolute atomic E-state index is 11.9. The molecule has 1 heterocycles. The van der Waals surface area contributed by atoms with Gasteiger partial charge in [-0.25, -0.2) is 9.59 Å². The molecule has 0 saturated carbocycles. The summed E-state index contributed by atoms with van der Waals surface area (Å²) in [6.07, 6.45) is 0.196. The first kappa shape index (κ1) is 17.7. The van der Waals surface area contributed by atoms with Gasteiger partial charge in [0, 0.05) is 19.1 Å². The Hall–Kier alpha value is -1.34. The van der Waals surface area contributed by atoms with Crippen LogP contribution in [0.3, 0.4) is 0 Å². The zero-order chi connectivity index (χ0) is 16.0.